The molecule has 0 aromatic heterocycles. The first kappa shape index (κ1) is 20.9. The van der Waals surface area contributed by atoms with Crippen molar-refractivity contribution in [1.82, 2.24) is 9.80 Å². The zero-order chi connectivity index (χ0) is 19.9. The molecule has 2 heterocycles. The van der Waals surface area contributed by atoms with Crippen LogP contribution in [0.25, 0.3) is 0 Å². The highest BCUT2D eigenvalue weighted by atomic mass is 16.7. The zero-order valence-corrected chi connectivity index (χ0v) is 17.5. The summed E-state index contributed by atoms with van der Waals surface area (Å²) in [4.78, 5) is 16.1. The van der Waals surface area contributed by atoms with E-state index in [1.807, 2.05) is 0 Å². The molecule has 6 nitrogen and oxygen atoms in total. The van der Waals surface area contributed by atoms with Gasteiger partial charge in [0.15, 0.2) is 11.5 Å². The Kier molecular flexibility index (Phi) is 7.57. The predicted octanol–water partition coefficient (Wildman–Crippen LogP) is 3.29. The lowest BCUT2D eigenvalue weighted by molar-refractivity contribution is -0.109. The Bertz CT molecular complexity index is 652. The van der Waals surface area contributed by atoms with E-state index in [9.17, 15) is 4.79 Å². The van der Waals surface area contributed by atoms with Crippen molar-refractivity contribution in [2.24, 2.45) is 0 Å². The largest absolute Gasteiger partial charge is 0.493 e. The number of nitrogens with zero attached hydrogens (tertiary/aromatic N) is 2. The minimum absolute atomic E-state index is 0.240. The molecule has 2 unspecified atom stereocenters. The van der Waals surface area contributed by atoms with Gasteiger partial charge in [-0.1, -0.05) is 20.3 Å². The average molecular weight is 391 g/mol. The molecule has 1 fully saturated rings. The highest BCUT2D eigenvalue weighted by molar-refractivity contribution is 5.56. The highest BCUT2D eigenvalue weighted by Crippen LogP contribution is 2.45. The maximum absolute atomic E-state index is 11.2. The topological polar surface area (TPSA) is 51.2 Å². The number of likely N-dealkylation sites (tertiary alicyclic amines) is 1. The second-order valence-electron chi connectivity index (χ2n) is 7.74. The van der Waals surface area contributed by atoms with E-state index < -0.39 is 0 Å². The lowest BCUT2D eigenvalue weighted by Gasteiger charge is -2.26. The van der Waals surface area contributed by atoms with E-state index in [1.54, 1.807) is 7.11 Å². The third-order valence-electron chi connectivity index (χ3n) is 6.04. The minimum atomic E-state index is 0.240. The third kappa shape index (κ3) is 4.78. The molecule has 2 aliphatic heterocycles. The molecule has 0 spiro atoms. The predicted molar refractivity (Wildman–Crippen MR) is 110 cm³/mol. The number of ether oxygens (including phenoxy) is 3. The molecule has 1 saturated heterocycles. The summed E-state index contributed by atoms with van der Waals surface area (Å²) in [6.07, 6.45) is 5.66. The molecule has 6 heteroatoms. The Morgan fingerprint density at radius 1 is 1.29 bits per heavy atom. The van der Waals surface area contributed by atoms with Crippen LogP contribution in [0.3, 0.4) is 0 Å². The van der Waals surface area contributed by atoms with Crippen molar-refractivity contribution in [2.45, 2.75) is 51.5 Å². The lowest BCUT2D eigenvalue weighted by atomic mass is 9.94. The first-order chi connectivity index (χ1) is 13.7. The van der Waals surface area contributed by atoms with E-state index in [4.69, 9.17) is 14.2 Å². The van der Waals surface area contributed by atoms with Crippen molar-refractivity contribution < 1.29 is 19.0 Å². The number of carbonyl (C=O) groups is 1. The quantitative estimate of drug-likeness (QED) is 0.541. The number of benzene rings is 1. The summed E-state index contributed by atoms with van der Waals surface area (Å²) in [6.45, 7) is 9.45. The van der Waals surface area contributed by atoms with E-state index >= 15 is 0 Å². The summed E-state index contributed by atoms with van der Waals surface area (Å²) in [7, 11) is 1.66. The summed E-state index contributed by atoms with van der Waals surface area (Å²) in [6, 6.07) is 4.58. The van der Waals surface area contributed by atoms with Crippen LogP contribution in [-0.2, 0) is 4.79 Å². The second-order valence-corrected chi connectivity index (χ2v) is 7.74. The van der Waals surface area contributed by atoms with Gasteiger partial charge >= 0.3 is 0 Å². The molecule has 0 N–H and O–H groups in total. The van der Waals surface area contributed by atoms with Crippen LogP contribution in [0.15, 0.2) is 12.1 Å². The maximum atomic E-state index is 11.2. The van der Waals surface area contributed by atoms with Crippen LogP contribution in [0.5, 0.6) is 17.2 Å². The molecule has 0 amide bonds. The molecule has 2 atom stereocenters. The number of fused-ring (bicyclic) bond motifs is 1. The molecule has 1 aromatic rings. The van der Waals surface area contributed by atoms with Gasteiger partial charge in [0.25, 0.3) is 0 Å². The Labute approximate surface area is 168 Å². The fraction of sp³-hybridized carbons (Fsp3) is 0.682. The van der Waals surface area contributed by atoms with Crippen molar-refractivity contribution in [2.75, 3.05) is 46.6 Å². The lowest BCUT2D eigenvalue weighted by Crippen LogP contribution is -2.35. The summed E-state index contributed by atoms with van der Waals surface area (Å²) in [5.74, 6) is 2.56. The van der Waals surface area contributed by atoms with Gasteiger partial charge < -0.3 is 23.9 Å². The van der Waals surface area contributed by atoms with Gasteiger partial charge in [0.2, 0.25) is 12.5 Å². The van der Waals surface area contributed by atoms with Gasteiger partial charge in [0.1, 0.15) is 6.29 Å². The number of methoxy groups -OCH3 is 1. The van der Waals surface area contributed by atoms with Crippen LogP contribution >= 0.6 is 0 Å². The van der Waals surface area contributed by atoms with Crippen LogP contribution in [0.2, 0.25) is 0 Å². The first-order valence-electron chi connectivity index (χ1n) is 10.6. The number of rotatable bonds is 11. The smallest absolute Gasteiger partial charge is 0.231 e. The van der Waals surface area contributed by atoms with Gasteiger partial charge in [-0.3, -0.25) is 4.90 Å². The molecule has 3 rings (SSSR count). The number of hydrogen-bond acceptors (Lipinski definition) is 6. The fourth-order valence-electron chi connectivity index (χ4n) is 4.37. The summed E-state index contributed by atoms with van der Waals surface area (Å²) < 4.78 is 16.6. The summed E-state index contributed by atoms with van der Waals surface area (Å²) in [5.41, 5.74) is 1.21. The fourth-order valence-corrected chi connectivity index (χ4v) is 4.37. The zero-order valence-electron chi connectivity index (χ0n) is 17.5. The van der Waals surface area contributed by atoms with E-state index in [0.29, 0.717) is 24.3 Å². The van der Waals surface area contributed by atoms with Crippen LogP contribution < -0.4 is 14.2 Å². The van der Waals surface area contributed by atoms with Crippen LogP contribution in [0, 0.1) is 0 Å². The second kappa shape index (κ2) is 10.1. The van der Waals surface area contributed by atoms with Crippen LogP contribution in [0.4, 0.5) is 0 Å². The number of carbonyl (C=O) groups excluding carboxylic acids is 1. The normalized spacial score (nSPS) is 21.4. The summed E-state index contributed by atoms with van der Waals surface area (Å²) >= 11 is 0. The molecule has 0 radical (unpaired) electrons. The molecular formula is C22H34N2O4. The van der Waals surface area contributed by atoms with Gasteiger partial charge in [-0.05, 0) is 62.5 Å². The monoisotopic (exact) mass is 390 g/mol. The highest BCUT2D eigenvalue weighted by Gasteiger charge is 2.34. The van der Waals surface area contributed by atoms with Gasteiger partial charge in [0, 0.05) is 12.6 Å². The Balaban J connectivity index is 1.68. The van der Waals surface area contributed by atoms with Crippen molar-refractivity contribution in [3.8, 4) is 17.2 Å². The molecule has 0 saturated carbocycles. The van der Waals surface area contributed by atoms with Crippen molar-refractivity contribution in [1.29, 1.82) is 0 Å². The molecule has 0 bridgehead atoms. The van der Waals surface area contributed by atoms with Gasteiger partial charge in [-0.2, -0.15) is 0 Å². The van der Waals surface area contributed by atoms with Crippen LogP contribution in [-0.4, -0.2) is 68.8 Å². The first-order valence-corrected chi connectivity index (χ1v) is 10.6. The Morgan fingerprint density at radius 2 is 2.14 bits per heavy atom. The van der Waals surface area contributed by atoms with E-state index in [0.717, 1.165) is 56.8 Å². The van der Waals surface area contributed by atoms with E-state index in [1.165, 1.54) is 18.4 Å². The molecule has 28 heavy (non-hydrogen) atoms. The Morgan fingerprint density at radius 3 is 2.86 bits per heavy atom. The van der Waals surface area contributed by atoms with Crippen molar-refractivity contribution in [3.63, 3.8) is 0 Å². The average Bonchev–Trinajstić information content (AvgIpc) is 3.34. The van der Waals surface area contributed by atoms with Gasteiger partial charge in [-0.15, -0.1) is 0 Å². The third-order valence-corrected chi connectivity index (χ3v) is 6.04. The standard InChI is InChI=1S/C22H34N2O4/c1-4-6-8-23(5-2)9-7-19-12-18(15-24(19)10-11-25)17-13-20(26-3)22-21(14-17)27-16-28-22/h11,13-14,18-19H,4-10,12,15-16H2,1-3H3. The molecule has 156 valence electrons. The summed E-state index contributed by atoms with van der Waals surface area (Å²) in [5, 5.41) is 0. The molecule has 0 aliphatic carbocycles. The molecular weight excluding hydrogens is 356 g/mol. The van der Waals surface area contributed by atoms with Gasteiger partial charge in [0.05, 0.1) is 13.7 Å². The van der Waals surface area contributed by atoms with Gasteiger partial charge in [-0.25, -0.2) is 0 Å². The number of hydrogen-bond donors (Lipinski definition) is 0. The number of aldehydes is 1. The molecule has 2 aliphatic rings. The van der Waals surface area contributed by atoms with E-state index in [-0.39, 0.29) is 6.79 Å². The van der Waals surface area contributed by atoms with Crippen LogP contribution in [0.1, 0.15) is 51.0 Å². The van der Waals surface area contributed by atoms with Crippen molar-refractivity contribution >= 4 is 6.29 Å². The number of unbranched alkanes of at least 4 members (excludes halogenated alkanes) is 1. The van der Waals surface area contributed by atoms with Crippen molar-refractivity contribution in [3.05, 3.63) is 17.7 Å². The minimum Gasteiger partial charge on any atom is -0.493 e. The maximum Gasteiger partial charge on any atom is 0.231 e. The van der Waals surface area contributed by atoms with E-state index in [2.05, 4.69) is 35.8 Å². The molecule has 1 aromatic carbocycles. The SMILES string of the molecule is CCCCN(CC)CCC1CC(c2cc(OC)c3c(c2)OCO3)CN1CC=O. The Hall–Kier alpha value is -1.79.